The van der Waals surface area contributed by atoms with E-state index >= 15 is 0 Å². The van der Waals surface area contributed by atoms with Crippen molar-refractivity contribution in [1.82, 2.24) is 18.8 Å². The molecular formula is C26H35FN4O4S. The molecule has 1 fully saturated rings. The number of nitrogens with one attached hydrogen (secondary N) is 1. The Labute approximate surface area is 211 Å². The predicted octanol–water partition coefficient (Wildman–Crippen LogP) is 3.55. The lowest BCUT2D eigenvalue weighted by Gasteiger charge is -2.27. The van der Waals surface area contributed by atoms with Crippen molar-refractivity contribution < 1.29 is 22.7 Å². The summed E-state index contributed by atoms with van der Waals surface area (Å²) in [6, 6.07) is 6.59. The lowest BCUT2D eigenvalue weighted by molar-refractivity contribution is -0.120. The van der Waals surface area contributed by atoms with Gasteiger partial charge in [-0.3, -0.25) is 4.79 Å². The average Bonchev–Trinajstić information content (AvgIpc) is 3.44. The van der Waals surface area contributed by atoms with Gasteiger partial charge in [-0.25, -0.2) is 21.8 Å². The number of alkyl halides is 1. The highest BCUT2D eigenvalue weighted by Gasteiger charge is 2.28. The van der Waals surface area contributed by atoms with Crippen LogP contribution in [0.2, 0.25) is 0 Å². The largest absolute Gasteiger partial charge is 0.395 e. The summed E-state index contributed by atoms with van der Waals surface area (Å²) >= 11 is 0. The number of amides is 1. The number of halogens is 1. The second-order valence-electron chi connectivity index (χ2n) is 10.7. The molecule has 10 heteroatoms. The lowest BCUT2D eigenvalue weighted by atomic mass is 9.87. The Morgan fingerprint density at radius 2 is 1.92 bits per heavy atom. The van der Waals surface area contributed by atoms with Gasteiger partial charge in [0, 0.05) is 30.9 Å². The second kappa shape index (κ2) is 10.3. The number of aliphatic hydroxyl groups is 1. The molecule has 0 spiro atoms. The van der Waals surface area contributed by atoms with Gasteiger partial charge in [-0.2, -0.15) is 0 Å². The number of hydrogen-bond acceptors (Lipinski definition) is 5. The molecule has 1 aliphatic carbocycles. The summed E-state index contributed by atoms with van der Waals surface area (Å²) in [6.07, 6.45) is 5.02. The van der Waals surface area contributed by atoms with Crippen molar-refractivity contribution >= 4 is 27.0 Å². The van der Waals surface area contributed by atoms with Crippen LogP contribution >= 0.6 is 0 Å². The van der Waals surface area contributed by atoms with E-state index in [2.05, 4.69) is 30.7 Å². The number of benzene rings is 1. The summed E-state index contributed by atoms with van der Waals surface area (Å²) in [5.74, 6) is 0.958. The summed E-state index contributed by atoms with van der Waals surface area (Å²) in [4.78, 5) is 16.9. The van der Waals surface area contributed by atoms with Crippen LogP contribution in [0.5, 0.6) is 0 Å². The van der Waals surface area contributed by atoms with E-state index in [0.717, 1.165) is 34.7 Å². The van der Waals surface area contributed by atoms with Gasteiger partial charge in [0.15, 0.2) is 0 Å². The number of fused-ring (bicyclic) bond motifs is 1. The van der Waals surface area contributed by atoms with Gasteiger partial charge >= 0.3 is 0 Å². The van der Waals surface area contributed by atoms with Crippen LogP contribution in [-0.4, -0.2) is 52.3 Å². The van der Waals surface area contributed by atoms with Crippen LogP contribution in [0.1, 0.15) is 57.8 Å². The number of aliphatic hydroxyl groups excluding tert-OH is 1. The first kappa shape index (κ1) is 26.3. The Hall–Kier alpha value is -2.72. The van der Waals surface area contributed by atoms with E-state index in [-0.39, 0.29) is 35.8 Å². The van der Waals surface area contributed by atoms with Crippen LogP contribution in [0, 0.1) is 5.92 Å². The topological polar surface area (TPSA) is 106 Å². The van der Waals surface area contributed by atoms with Crippen molar-refractivity contribution in [2.75, 3.05) is 13.2 Å². The molecule has 0 aliphatic heterocycles. The van der Waals surface area contributed by atoms with Gasteiger partial charge < -0.3 is 15.0 Å². The van der Waals surface area contributed by atoms with E-state index in [9.17, 15) is 17.6 Å². The van der Waals surface area contributed by atoms with Crippen molar-refractivity contribution in [3.63, 3.8) is 0 Å². The molecule has 1 aromatic carbocycles. The minimum Gasteiger partial charge on any atom is -0.395 e. The third-order valence-corrected chi connectivity index (χ3v) is 8.34. The number of imidazole rings is 1. The van der Waals surface area contributed by atoms with Gasteiger partial charge in [0.25, 0.3) is 10.0 Å². The highest BCUT2D eigenvalue weighted by atomic mass is 32.2. The monoisotopic (exact) mass is 518 g/mol. The van der Waals surface area contributed by atoms with Crippen LogP contribution in [0.25, 0.3) is 11.0 Å². The van der Waals surface area contributed by atoms with E-state index in [1.165, 1.54) is 12.4 Å². The first-order valence-electron chi connectivity index (χ1n) is 12.4. The maximum absolute atomic E-state index is 13.7. The van der Waals surface area contributed by atoms with Crippen molar-refractivity contribution in [2.45, 2.75) is 75.9 Å². The molecule has 196 valence electrons. The van der Waals surface area contributed by atoms with Crippen LogP contribution in [0.3, 0.4) is 0 Å². The molecule has 36 heavy (non-hydrogen) atoms. The van der Waals surface area contributed by atoms with Gasteiger partial charge in [0.05, 0.1) is 29.0 Å². The number of carbonyl (C=O) groups is 1. The number of hydrogen-bond donors (Lipinski definition) is 2. The van der Waals surface area contributed by atoms with Gasteiger partial charge in [0.2, 0.25) is 5.91 Å². The molecule has 8 nitrogen and oxygen atoms in total. The smallest absolute Gasteiger partial charge is 0.267 e. The molecule has 2 N–H and O–H groups in total. The predicted molar refractivity (Wildman–Crippen MR) is 136 cm³/mol. The Balaban J connectivity index is 1.63. The highest BCUT2D eigenvalue weighted by molar-refractivity contribution is 7.90. The molecule has 1 amide bonds. The Morgan fingerprint density at radius 3 is 2.58 bits per heavy atom. The third kappa shape index (κ3) is 5.64. The zero-order valence-electron chi connectivity index (χ0n) is 21.1. The summed E-state index contributed by atoms with van der Waals surface area (Å²) < 4.78 is 43.6. The maximum atomic E-state index is 13.7. The fraction of sp³-hybridized carbons (Fsp3) is 0.538. The molecule has 0 bridgehead atoms. The molecule has 0 unspecified atom stereocenters. The van der Waals surface area contributed by atoms with Crippen molar-refractivity contribution in [1.29, 1.82) is 0 Å². The van der Waals surface area contributed by atoms with Crippen molar-refractivity contribution in [2.24, 2.45) is 5.92 Å². The molecule has 0 saturated heterocycles. The molecule has 2 heterocycles. The van der Waals surface area contributed by atoms with Gasteiger partial charge in [-0.15, -0.1) is 0 Å². The fourth-order valence-electron chi connectivity index (χ4n) is 4.83. The molecule has 1 aliphatic rings. The zero-order chi connectivity index (χ0) is 26.1. The summed E-state index contributed by atoms with van der Waals surface area (Å²) in [5, 5.41) is 11.4. The lowest BCUT2D eigenvalue weighted by Crippen LogP contribution is -2.27. The molecule has 4 rings (SSSR count). The van der Waals surface area contributed by atoms with E-state index in [4.69, 9.17) is 10.1 Å². The fourth-order valence-corrected chi connectivity index (χ4v) is 6.07. The molecular weight excluding hydrogens is 483 g/mol. The Morgan fingerprint density at radius 1 is 1.19 bits per heavy atom. The number of nitrogens with zero attached hydrogens (tertiary/aromatic N) is 3. The molecule has 0 radical (unpaired) electrons. The van der Waals surface area contributed by atoms with E-state index < -0.39 is 16.2 Å². The van der Waals surface area contributed by atoms with E-state index in [1.807, 2.05) is 0 Å². The van der Waals surface area contributed by atoms with Crippen LogP contribution in [0.4, 0.5) is 4.39 Å². The number of aromatic nitrogens is 3. The maximum Gasteiger partial charge on any atom is 0.267 e. The van der Waals surface area contributed by atoms with Crippen molar-refractivity contribution in [3.8, 4) is 0 Å². The molecule has 1 saturated carbocycles. The van der Waals surface area contributed by atoms with Gasteiger partial charge in [-0.1, -0.05) is 20.8 Å². The number of rotatable bonds is 8. The van der Waals surface area contributed by atoms with E-state index in [1.54, 1.807) is 24.3 Å². The first-order valence-corrected chi connectivity index (χ1v) is 13.9. The van der Waals surface area contributed by atoms with E-state index in [0.29, 0.717) is 29.8 Å². The average molecular weight is 519 g/mol. The van der Waals surface area contributed by atoms with Crippen LogP contribution in [-0.2, 0) is 33.2 Å². The molecule has 2 aromatic heterocycles. The minimum atomic E-state index is -3.88. The zero-order valence-corrected chi connectivity index (χ0v) is 21.9. The normalized spacial score (nSPS) is 19.0. The molecule has 0 atom stereocenters. The van der Waals surface area contributed by atoms with Gasteiger partial charge in [-0.05, 0) is 61.4 Å². The quantitative estimate of drug-likeness (QED) is 0.474. The summed E-state index contributed by atoms with van der Waals surface area (Å²) in [7, 11) is -3.88. The van der Waals surface area contributed by atoms with Crippen molar-refractivity contribution in [3.05, 3.63) is 48.0 Å². The molecule has 3 aromatic rings. The van der Waals surface area contributed by atoms with Crippen LogP contribution in [0.15, 0.2) is 41.6 Å². The van der Waals surface area contributed by atoms with Crippen LogP contribution < -0.4 is 5.32 Å². The standard InChI is InChI=1S/C26H35FN4O4S/c1-26(2,3)25-29-22-15-21(8-9-23(22)31(25)17-18-4-6-20(27)7-5-18)36(34,35)30-12-10-19(16-30)14-24(33)28-11-13-32/h8-10,12,15-16,18,20,32H,4-7,11,13-14,17H2,1-3H3,(H,28,33). The first-order chi connectivity index (χ1) is 17.0. The minimum absolute atomic E-state index is 0.0191. The Kier molecular flexibility index (Phi) is 7.56. The number of carbonyl (C=O) groups excluding carboxylic acids is 1. The second-order valence-corrected chi connectivity index (χ2v) is 12.5. The third-order valence-electron chi connectivity index (χ3n) is 6.71. The highest BCUT2D eigenvalue weighted by Crippen LogP contribution is 2.33. The summed E-state index contributed by atoms with van der Waals surface area (Å²) in [6.45, 7) is 6.98. The summed E-state index contributed by atoms with van der Waals surface area (Å²) in [5.41, 5.74) is 1.78. The van der Waals surface area contributed by atoms with Gasteiger partial charge in [0.1, 0.15) is 12.0 Å². The SMILES string of the molecule is CC(C)(C)c1nc2cc(S(=O)(=O)n3ccc(CC(=O)NCCO)c3)ccc2n1CC1CCC(F)CC1. The Bertz CT molecular complexity index is 1330.